The number of hydrogen-bond donors (Lipinski definition) is 2. The van der Waals surface area contributed by atoms with E-state index in [1.165, 1.54) is 18.9 Å². The molecule has 4 aromatic carbocycles. The molecule has 0 saturated heterocycles. The molecule has 0 aliphatic heterocycles. The quantitative estimate of drug-likeness (QED) is 0.214. The molecule has 1 atom stereocenters. The first kappa shape index (κ1) is 27.1. The van der Waals surface area contributed by atoms with Gasteiger partial charge >= 0.3 is 0 Å². The van der Waals surface area contributed by atoms with Crippen molar-refractivity contribution in [2.45, 2.75) is 17.1 Å². The van der Waals surface area contributed by atoms with E-state index >= 15 is 0 Å². The normalized spacial score (nSPS) is 11.4. The van der Waals surface area contributed by atoms with Crippen molar-refractivity contribution >= 4 is 46.6 Å². The van der Waals surface area contributed by atoms with E-state index in [4.69, 9.17) is 21.1 Å². The molecule has 0 saturated carbocycles. The number of thioether (sulfide) groups is 1. The zero-order chi connectivity index (χ0) is 27.1. The number of anilines is 2. The maximum Gasteiger partial charge on any atom is 0.255 e. The summed E-state index contributed by atoms with van der Waals surface area (Å²) in [7, 11) is 3.12. The molecule has 6 nitrogen and oxygen atoms in total. The van der Waals surface area contributed by atoms with Crippen LogP contribution in [-0.4, -0.2) is 26.0 Å². The van der Waals surface area contributed by atoms with E-state index in [0.29, 0.717) is 33.5 Å². The Morgan fingerprint density at radius 3 is 2.16 bits per heavy atom. The van der Waals surface area contributed by atoms with Crippen LogP contribution in [0.4, 0.5) is 11.4 Å². The van der Waals surface area contributed by atoms with Gasteiger partial charge in [0.15, 0.2) is 0 Å². The van der Waals surface area contributed by atoms with Crippen LogP contribution in [0.5, 0.6) is 11.5 Å². The molecular weight excluding hydrogens is 520 g/mol. The van der Waals surface area contributed by atoms with E-state index < -0.39 is 5.25 Å². The third-order valence-corrected chi connectivity index (χ3v) is 7.47. The van der Waals surface area contributed by atoms with Gasteiger partial charge in [-0.25, -0.2) is 0 Å². The minimum atomic E-state index is -0.531. The zero-order valence-electron chi connectivity index (χ0n) is 21.2. The van der Waals surface area contributed by atoms with Gasteiger partial charge in [0.25, 0.3) is 5.91 Å². The molecule has 2 N–H and O–H groups in total. The molecule has 4 aromatic rings. The van der Waals surface area contributed by atoms with Crippen LogP contribution in [0.1, 0.15) is 26.7 Å². The molecule has 0 aromatic heterocycles. The van der Waals surface area contributed by atoms with E-state index in [1.54, 1.807) is 43.5 Å². The minimum Gasteiger partial charge on any atom is -0.497 e. The molecule has 38 heavy (non-hydrogen) atoms. The number of amides is 2. The van der Waals surface area contributed by atoms with Crippen LogP contribution in [0.3, 0.4) is 0 Å². The van der Waals surface area contributed by atoms with E-state index in [1.807, 2.05) is 61.5 Å². The summed E-state index contributed by atoms with van der Waals surface area (Å²) in [4.78, 5) is 27.0. The monoisotopic (exact) mass is 546 g/mol. The second-order valence-corrected chi connectivity index (χ2v) is 9.99. The first-order valence-electron chi connectivity index (χ1n) is 11.8. The first-order valence-corrected chi connectivity index (χ1v) is 13.1. The molecule has 0 bridgehead atoms. The average molecular weight is 547 g/mol. The molecule has 2 amide bonds. The summed E-state index contributed by atoms with van der Waals surface area (Å²) >= 11 is 7.64. The predicted octanol–water partition coefficient (Wildman–Crippen LogP) is 7.39. The fraction of sp³-hybridized carbons (Fsp3) is 0.133. The summed E-state index contributed by atoms with van der Waals surface area (Å²) in [5.74, 6) is 0.757. The second kappa shape index (κ2) is 12.5. The lowest BCUT2D eigenvalue weighted by Gasteiger charge is -2.19. The Morgan fingerprint density at radius 2 is 1.53 bits per heavy atom. The molecule has 1 unspecified atom stereocenters. The standard InChI is InChI=1S/C30H27ClN2O4S/c1-19-17-26(27(37-3)18-25(19)31)33-30(35)28(20-7-5-4-6-8-20)38-24-15-11-22(12-16-24)32-29(34)21-9-13-23(36-2)14-10-21/h4-18,28H,1-3H3,(H,32,34)(H,33,35). The van der Waals surface area contributed by atoms with Gasteiger partial charge in [-0.2, -0.15) is 0 Å². The molecule has 0 aliphatic rings. The Bertz CT molecular complexity index is 1410. The smallest absolute Gasteiger partial charge is 0.255 e. The van der Waals surface area contributed by atoms with Gasteiger partial charge < -0.3 is 20.1 Å². The lowest BCUT2D eigenvalue weighted by molar-refractivity contribution is -0.115. The fourth-order valence-electron chi connectivity index (χ4n) is 3.73. The molecule has 0 fully saturated rings. The van der Waals surface area contributed by atoms with Gasteiger partial charge in [-0.3, -0.25) is 9.59 Å². The van der Waals surface area contributed by atoms with E-state index in [2.05, 4.69) is 10.6 Å². The maximum atomic E-state index is 13.5. The third-order valence-electron chi connectivity index (χ3n) is 5.80. The fourth-order valence-corrected chi connectivity index (χ4v) is 4.91. The predicted molar refractivity (Wildman–Crippen MR) is 154 cm³/mol. The number of rotatable bonds is 9. The van der Waals surface area contributed by atoms with Crippen molar-refractivity contribution in [2.75, 3.05) is 24.9 Å². The number of benzene rings is 4. The topological polar surface area (TPSA) is 76.7 Å². The Morgan fingerprint density at radius 1 is 0.842 bits per heavy atom. The van der Waals surface area contributed by atoms with Gasteiger partial charge in [-0.1, -0.05) is 41.9 Å². The summed E-state index contributed by atoms with van der Waals surface area (Å²) in [5.41, 5.74) is 3.42. The van der Waals surface area contributed by atoms with Crippen molar-refractivity contribution < 1.29 is 19.1 Å². The lowest BCUT2D eigenvalue weighted by Crippen LogP contribution is -2.19. The van der Waals surface area contributed by atoms with Crippen molar-refractivity contribution in [1.82, 2.24) is 0 Å². The Kier molecular flexibility index (Phi) is 8.94. The molecule has 0 spiro atoms. The van der Waals surface area contributed by atoms with Crippen LogP contribution in [0.15, 0.2) is 95.9 Å². The second-order valence-electron chi connectivity index (χ2n) is 8.41. The van der Waals surface area contributed by atoms with Gasteiger partial charge in [-0.15, -0.1) is 11.8 Å². The highest BCUT2D eigenvalue weighted by Crippen LogP contribution is 2.38. The summed E-state index contributed by atoms with van der Waals surface area (Å²) in [6.07, 6.45) is 0. The number of ether oxygens (including phenoxy) is 2. The van der Waals surface area contributed by atoms with Crippen molar-refractivity contribution in [2.24, 2.45) is 0 Å². The number of hydrogen-bond acceptors (Lipinski definition) is 5. The highest BCUT2D eigenvalue weighted by atomic mass is 35.5. The van der Waals surface area contributed by atoms with Crippen molar-refractivity contribution in [3.05, 3.63) is 113 Å². The van der Waals surface area contributed by atoms with Crippen molar-refractivity contribution in [1.29, 1.82) is 0 Å². The summed E-state index contributed by atoms with van der Waals surface area (Å²) < 4.78 is 10.6. The van der Waals surface area contributed by atoms with Crippen LogP contribution in [0, 0.1) is 6.92 Å². The van der Waals surface area contributed by atoms with Gasteiger partial charge in [-0.05, 0) is 72.6 Å². The zero-order valence-corrected chi connectivity index (χ0v) is 22.7. The number of nitrogens with one attached hydrogen (secondary N) is 2. The van der Waals surface area contributed by atoms with Crippen LogP contribution in [0.2, 0.25) is 5.02 Å². The maximum absolute atomic E-state index is 13.5. The summed E-state index contributed by atoms with van der Waals surface area (Å²) in [6, 6.07) is 27.3. The minimum absolute atomic E-state index is 0.196. The van der Waals surface area contributed by atoms with E-state index in [0.717, 1.165) is 16.0 Å². The molecule has 8 heteroatoms. The van der Waals surface area contributed by atoms with Crippen LogP contribution in [0.25, 0.3) is 0 Å². The highest BCUT2D eigenvalue weighted by molar-refractivity contribution is 8.00. The number of methoxy groups -OCH3 is 2. The Hall–Kier alpha value is -3.94. The third kappa shape index (κ3) is 6.68. The SMILES string of the molecule is COc1ccc(C(=O)Nc2ccc(SC(C(=O)Nc3cc(C)c(Cl)cc3OC)c3ccccc3)cc2)cc1. The van der Waals surface area contributed by atoms with Gasteiger partial charge in [0.2, 0.25) is 5.91 Å². The van der Waals surface area contributed by atoms with E-state index in [-0.39, 0.29) is 11.8 Å². The van der Waals surface area contributed by atoms with Crippen LogP contribution in [-0.2, 0) is 4.79 Å². The molecule has 4 rings (SSSR count). The van der Waals surface area contributed by atoms with Crippen LogP contribution >= 0.6 is 23.4 Å². The molecular formula is C30H27ClN2O4S. The number of carbonyl (C=O) groups is 2. The summed E-state index contributed by atoms with van der Waals surface area (Å²) in [5, 5.41) is 5.93. The first-order chi connectivity index (χ1) is 18.4. The van der Waals surface area contributed by atoms with Crippen molar-refractivity contribution in [3.63, 3.8) is 0 Å². The Balaban J connectivity index is 1.50. The molecule has 0 aliphatic carbocycles. The molecule has 0 heterocycles. The number of carbonyl (C=O) groups excluding carboxylic acids is 2. The van der Waals surface area contributed by atoms with Gasteiger partial charge in [0.1, 0.15) is 16.7 Å². The van der Waals surface area contributed by atoms with Gasteiger partial charge in [0, 0.05) is 27.2 Å². The summed E-state index contributed by atoms with van der Waals surface area (Å²) in [6.45, 7) is 1.87. The van der Waals surface area contributed by atoms with Crippen molar-refractivity contribution in [3.8, 4) is 11.5 Å². The highest BCUT2D eigenvalue weighted by Gasteiger charge is 2.23. The Labute approximate surface area is 231 Å². The lowest BCUT2D eigenvalue weighted by atomic mass is 10.1. The average Bonchev–Trinajstić information content (AvgIpc) is 2.94. The largest absolute Gasteiger partial charge is 0.497 e. The van der Waals surface area contributed by atoms with Crippen LogP contribution < -0.4 is 20.1 Å². The number of halogens is 1. The molecule has 194 valence electrons. The van der Waals surface area contributed by atoms with E-state index in [9.17, 15) is 9.59 Å². The molecule has 0 radical (unpaired) electrons. The number of aryl methyl sites for hydroxylation is 1. The van der Waals surface area contributed by atoms with Gasteiger partial charge in [0.05, 0.1) is 19.9 Å².